The summed E-state index contributed by atoms with van der Waals surface area (Å²) in [6.07, 6.45) is -4.74. The van der Waals surface area contributed by atoms with E-state index in [-0.39, 0.29) is 11.7 Å². The molecule has 0 unspecified atom stereocenters. The van der Waals surface area contributed by atoms with Gasteiger partial charge in [0.25, 0.3) is 0 Å². The van der Waals surface area contributed by atoms with Gasteiger partial charge in [-0.1, -0.05) is 18.2 Å². The van der Waals surface area contributed by atoms with Crippen LogP contribution in [0.5, 0.6) is 5.75 Å². The van der Waals surface area contributed by atoms with Crippen LogP contribution in [0.1, 0.15) is 13.8 Å². The summed E-state index contributed by atoms with van der Waals surface area (Å²) in [5.41, 5.74) is 1.83. The maximum absolute atomic E-state index is 12.3. The molecular weight excluding hydrogens is 321 g/mol. The molecule has 0 saturated carbocycles. The molecule has 24 heavy (non-hydrogen) atoms. The Bertz CT molecular complexity index is 801. The number of rotatable bonds is 2. The lowest BCUT2D eigenvalue weighted by molar-refractivity contribution is -0.274. The van der Waals surface area contributed by atoms with Crippen LogP contribution >= 0.6 is 0 Å². The van der Waals surface area contributed by atoms with Crippen LogP contribution in [-0.4, -0.2) is 17.8 Å². The second-order valence-electron chi connectivity index (χ2n) is 6.04. The Morgan fingerprint density at radius 2 is 1.71 bits per heavy atom. The predicted molar refractivity (Wildman–Crippen MR) is 84.9 cm³/mol. The topological polar surface area (TPSA) is 50.4 Å². The number of halogens is 3. The SMILES string of the molecule is CC1(C)Nc2ccc(-c3cccc(OC(F)(F)F)c3)cc2NC1=O. The van der Waals surface area contributed by atoms with E-state index in [1.165, 1.54) is 18.2 Å². The third kappa shape index (κ3) is 3.29. The molecule has 0 aromatic heterocycles. The summed E-state index contributed by atoms with van der Waals surface area (Å²) in [6, 6.07) is 11.0. The Kier molecular flexibility index (Phi) is 3.66. The first-order chi connectivity index (χ1) is 11.1. The van der Waals surface area contributed by atoms with E-state index in [4.69, 9.17) is 0 Å². The summed E-state index contributed by atoms with van der Waals surface area (Å²) in [6.45, 7) is 3.52. The Morgan fingerprint density at radius 3 is 2.42 bits per heavy atom. The van der Waals surface area contributed by atoms with Gasteiger partial charge in [0.2, 0.25) is 5.91 Å². The second-order valence-corrected chi connectivity index (χ2v) is 6.04. The minimum absolute atomic E-state index is 0.179. The molecule has 0 fully saturated rings. The normalized spacial score (nSPS) is 16.0. The van der Waals surface area contributed by atoms with Gasteiger partial charge in [-0.2, -0.15) is 0 Å². The number of carbonyl (C=O) groups excluding carboxylic acids is 1. The largest absolute Gasteiger partial charge is 0.573 e. The highest BCUT2D eigenvalue weighted by Crippen LogP contribution is 2.35. The van der Waals surface area contributed by atoms with Gasteiger partial charge >= 0.3 is 6.36 Å². The van der Waals surface area contributed by atoms with Gasteiger partial charge < -0.3 is 15.4 Å². The molecule has 1 aliphatic rings. The van der Waals surface area contributed by atoms with Crippen molar-refractivity contribution in [3.05, 3.63) is 42.5 Å². The molecule has 1 heterocycles. The minimum Gasteiger partial charge on any atom is -0.406 e. The molecule has 1 amide bonds. The molecule has 0 atom stereocenters. The van der Waals surface area contributed by atoms with Crippen LogP contribution in [0, 0.1) is 0 Å². The van der Waals surface area contributed by atoms with Gasteiger partial charge in [-0.25, -0.2) is 0 Å². The lowest BCUT2D eigenvalue weighted by atomic mass is 9.97. The van der Waals surface area contributed by atoms with Crippen LogP contribution in [0.3, 0.4) is 0 Å². The molecule has 4 nitrogen and oxygen atoms in total. The van der Waals surface area contributed by atoms with Crippen LogP contribution in [0.25, 0.3) is 11.1 Å². The zero-order valence-corrected chi connectivity index (χ0v) is 13.0. The molecule has 2 aromatic carbocycles. The summed E-state index contributed by atoms with van der Waals surface area (Å²) < 4.78 is 41.0. The molecule has 0 radical (unpaired) electrons. The molecule has 0 bridgehead atoms. The lowest BCUT2D eigenvalue weighted by Gasteiger charge is -2.33. The van der Waals surface area contributed by atoms with Crippen molar-refractivity contribution in [2.45, 2.75) is 25.7 Å². The van der Waals surface area contributed by atoms with Crippen LogP contribution in [0.4, 0.5) is 24.5 Å². The first-order valence-corrected chi connectivity index (χ1v) is 7.24. The van der Waals surface area contributed by atoms with E-state index >= 15 is 0 Å². The first kappa shape index (κ1) is 16.2. The van der Waals surface area contributed by atoms with Gasteiger partial charge in [0, 0.05) is 0 Å². The Balaban J connectivity index is 1.93. The molecule has 0 spiro atoms. The van der Waals surface area contributed by atoms with E-state index in [1.54, 1.807) is 38.1 Å². The minimum atomic E-state index is -4.74. The third-order valence-electron chi connectivity index (χ3n) is 3.68. The number of hydrogen-bond donors (Lipinski definition) is 2. The van der Waals surface area contributed by atoms with Crippen molar-refractivity contribution in [3.63, 3.8) is 0 Å². The van der Waals surface area contributed by atoms with E-state index in [0.717, 1.165) is 5.69 Å². The number of nitrogens with one attached hydrogen (secondary N) is 2. The number of anilines is 2. The monoisotopic (exact) mass is 336 g/mol. The molecule has 0 saturated heterocycles. The number of benzene rings is 2. The molecule has 126 valence electrons. The van der Waals surface area contributed by atoms with Crippen molar-refractivity contribution in [3.8, 4) is 16.9 Å². The Morgan fingerprint density at radius 1 is 1.00 bits per heavy atom. The zero-order valence-electron chi connectivity index (χ0n) is 13.0. The highest BCUT2D eigenvalue weighted by Gasteiger charge is 2.33. The van der Waals surface area contributed by atoms with Gasteiger partial charge in [-0.15, -0.1) is 13.2 Å². The fraction of sp³-hybridized carbons (Fsp3) is 0.235. The van der Waals surface area contributed by atoms with Crippen LogP contribution in [-0.2, 0) is 4.79 Å². The van der Waals surface area contributed by atoms with E-state index in [9.17, 15) is 18.0 Å². The van der Waals surface area contributed by atoms with Crippen molar-refractivity contribution >= 4 is 17.3 Å². The molecular formula is C17H15F3N2O2. The van der Waals surface area contributed by atoms with Crippen LogP contribution in [0.15, 0.2) is 42.5 Å². The average Bonchev–Trinajstić information content (AvgIpc) is 2.46. The predicted octanol–water partition coefficient (Wildman–Crippen LogP) is 4.39. The third-order valence-corrected chi connectivity index (χ3v) is 3.68. The Hall–Kier alpha value is -2.70. The highest BCUT2D eigenvalue weighted by molar-refractivity contribution is 6.06. The maximum Gasteiger partial charge on any atom is 0.573 e. The number of ether oxygens (including phenoxy) is 1. The van der Waals surface area contributed by atoms with E-state index in [1.807, 2.05) is 0 Å². The zero-order chi connectivity index (χ0) is 17.5. The van der Waals surface area contributed by atoms with E-state index in [2.05, 4.69) is 15.4 Å². The summed E-state index contributed by atoms with van der Waals surface area (Å²) >= 11 is 0. The smallest absolute Gasteiger partial charge is 0.406 e. The molecule has 7 heteroatoms. The van der Waals surface area contributed by atoms with Crippen molar-refractivity contribution in [1.29, 1.82) is 0 Å². The molecule has 3 rings (SSSR count). The first-order valence-electron chi connectivity index (χ1n) is 7.24. The molecule has 2 N–H and O–H groups in total. The van der Waals surface area contributed by atoms with Gasteiger partial charge in [-0.3, -0.25) is 4.79 Å². The van der Waals surface area contributed by atoms with E-state index < -0.39 is 11.9 Å². The summed E-state index contributed by atoms with van der Waals surface area (Å²) in [4.78, 5) is 12.0. The molecule has 2 aromatic rings. The average molecular weight is 336 g/mol. The Labute approximate surface area is 136 Å². The fourth-order valence-electron chi connectivity index (χ4n) is 2.48. The van der Waals surface area contributed by atoms with Gasteiger partial charge in [-0.05, 0) is 49.2 Å². The van der Waals surface area contributed by atoms with Crippen molar-refractivity contribution in [2.24, 2.45) is 0 Å². The second kappa shape index (κ2) is 5.43. The number of alkyl halides is 3. The highest BCUT2D eigenvalue weighted by atomic mass is 19.4. The summed E-state index contributed by atoms with van der Waals surface area (Å²) in [5, 5.41) is 5.92. The lowest BCUT2D eigenvalue weighted by Crippen LogP contribution is -2.47. The van der Waals surface area contributed by atoms with Crippen molar-refractivity contribution in [2.75, 3.05) is 10.6 Å². The fourth-order valence-corrected chi connectivity index (χ4v) is 2.48. The number of amides is 1. The maximum atomic E-state index is 12.3. The number of hydrogen-bond acceptors (Lipinski definition) is 3. The summed E-state index contributed by atoms with van der Waals surface area (Å²) in [5.74, 6) is -0.470. The number of carbonyl (C=O) groups is 1. The van der Waals surface area contributed by atoms with Crippen LogP contribution < -0.4 is 15.4 Å². The van der Waals surface area contributed by atoms with Gasteiger partial charge in [0.05, 0.1) is 11.4 Å². The van der Waals surface area contributed by atoms with Crippen molar-refractivity contribution < 1.29 is 22.7 Å². The molecule has 1 aliphatic heterocycles. The van der Waals surface area contributed by atoms with Crippen molar-refractivity contribution in [1.82, 2.24) is 0 Å². The number of fused-ring (bicyclic) bond motifs is 1. The molecule has 0 aliphatic carbocycles. The van der Waals surface area contributed by atoms with Gasteiger partial charge in [0.1, 0.15) is 11.3 Å². The van der Waals surface area contributed by atoms with Gasteiger partial charge in [0.15, 0.2) is 0 Å². The summed E-state index contributed by atoms with van der Waals surface area (Å²) in [7, 11) is 0. The quantitative estimate of drug-likeness (QED) is 0.855. The van der Waals surface area contributed by atoms with E-state index in [0.29, 0.717) is 16.8 Å². The van der Waals surface area contributed by atoms with Crippen LogP contribution in [0.2, 0.25) is 0 Å². The standard InChI is InChI=1S/C17H15F3N2O2/c1-16(2)15(23)21-14-9-11(6-7-13(14)22-16)10-4-3-5-12(8-10)24-17(18,19)20/h3-9,22H,1-2H3,(H,21,23).